The lowest BCUT2D eigenvalue weighted by molar-refractivity contribution is -0.385. The largest absolute Gasteiger partial charge is 0.493 e. The molecule has 0 atom stereocenters. The summed E-state index contributed by atoms with van der Waals surface area (Å²) in [6.45, 7) is 2.04. The first-order valence-electron chi connectivity index (χ1n) is 6.04. The van der Waals surface area contributed by atoms with E-state index in [4.69, 9.17) is 9.47 Å². The molecule has 2 rings (SSSR count). The number of hydrogen-bond donors (Lipinski definition) is 0. The summed E-state index contributed by atoms with van der Waals surface area (Å²) in [4.78, 5) is 10.6. The quantitative estimate of drug-likeness (QED) is 0.453. The third kappa shape index (κ3) is 3.32. The van der Waals surface area contributed by atoms with Crippen molar-refractivity contribution in [2.24, 2.45) is 5.10 Å². The van der Waals surface area contributed by atoms with Gasteiger partial charge >= 0.3 is 5.69 Å². The van der Waals surface area contributed by atoms with E-state index in [0.717, 1.165) is 0 Å². The second-order valence-electron chi connectivity index (χ2n) is 3.85. The molecule has 0 aliphatic heterocycles. The van der Waals surface area contributed by atoms with Gasteiger partial charge in [0.1, 0.15) is 12.7 Å². The van der Waals surface area contributed by atoms with Crippen LogP contribution < -0.4 is 9.47 Å². The molecule has 0 saturated heterocycles. The van der Waals surface area contributed by atoms with Crippen molar-refractivity contribution >= 4 is 11.9 Å². The molecule has 0 amide bonds. The zero-order valence-corrected chi connectivity index (χ0v) is 11.5. The van der Waals surface area contributed by atoms with Gasteiger partial charge in [0.2, 0.25) is 5.75 Å². The Labute approximate surface area is 120 Å². The van der Waals surface area contributed by atoms with Gasteiger partial charge in [-0.3, -0.25) is 10.1 Å². The summed E-state index contributed by atoms with van der Waals surface area (Å²) in [5.41, 5.74) is 0.317. The first-order chi connectivity index (χ1) is 10.2. The number of hydrogen-bond acceptors (Lipinski definition) is 7. The van der Waals surface area contributed by atoms with Gasteiger partial charge in [0.25, 0.3) is 0 Å². The Balaban J connectivity index is 2.43. The number of nitro benzene ring substituents is 1. The van der Waals surface area contributed by atoms with Crippen LogP contribution >= 0.6 is 0 Å². The van der Waals surface area contributed by atoms with Crippen LogP contribution in [0, 0.1) is 10.1 Å². The molecule has 0 fully saturated rings. The molecule has 110 valence electrons. The maximum atomic E-state index is 11.2. The highest BCUT2D eigenvalue weighted by Gasteiger charge is 2.21. The highest BCUT2D eigenvalue weighted by atomic mass is 16.6. The lowest BCUT2D eigenvalue weighted by atomic mass is 10.2. The summed E-state index contributed by atoms with van der Waals surface area (Å²) in [6, 6.07) is 2.97. The minimum Gasteiger partial charge on any atom is -0.493 e. The normalized spacial score (nSPS) is 10.8. The van der Waals surface area contributed by atoms with Gasteiger partial charge in [-0.15, -0.1) is 10.2 Å². The Morgan fingerprint density at radius 2 is 2.14 bits per heavy atom. The van der Waals surface area contributed by atoms with Gasteiger partial charge in [0.05, 0.1) is 24.9 Å². The first kappa shape index (κ1) is 14.4. The fraction of sp³-hybridized carbons (Fsp3) is 0.250. The van der Waals surface area contributed by atoms with Gasteiger partial charge in [-0.2, -0.15) is 5.10 Å². The average molecular weight is 291 g/mol. The van der Waals surface area contributed by atoms with Crippen LogP contribution in [0.5, 0.6) is 11.5 Å². The molecule has 0 spiro atoms. The summed E-state index contributed by atoms with van der Waals surface area (Å²) < 4.78 is 11.8. The molecular formula is C12H13N5O4. The molecule has 0 unspecified atom stereocenters. The molecular weight excluding hydrogens is 278 g/mol. The average Bonchev–Trinajstić information content (AvgIpc) is 2.99. The smallest absolute Gasteiger partial charge is 0.315 e. The van der Waals surface area contributed by atoms with Gasteiger partial charge < -0.3 is 9.47 Å². The summed E-state index contributed by atoms with van der Waals surface area (Å²) >= 11 is 0. The summed E-state index contributed by atoms with van der Waals surface area (Å²) in [7, 11) is 1.42. The molecule has 1 aromatic heterocycles. The van der Waals surface area contributed by atoms with E-state index in [0.29, 0.717) is 12.2 Å². The van der Waals surface area contributed by atoms with Gasteiger partial charge in [0, 0.05) is 11.6 Å². The molecule has 0 saturated carbocycles. The van der Waals surface area contributed by atoms with Crippen molar-refractivity contribution in [2.45, 2.75) is 6.92 Å². The molecule has 0 N–H and O–H groups in total. The number of rotatable bonds is 6. The Morgan fingerprint density at radius 3 is 2.71 bits per heavy atom. The van der Waals surface area contributed by atoms with E-state index in [9.17, 15) is 10.1 Å². The number of benzene rings is 1. The second-order valence-corrected chi connectivity index (χ2v) is 3.85. The lowest BCUT2D eigenvalue weighted by Gasteiger charge is -2.10. The van der Waals surface area contributed by atoms with Crippen LogP contribution in [0.3, 0.4) is 0 Å². The molecule has 9 heteroatoms. The third-order valence-electron chi connectivity index (χ3n) is 2.51. The van der Waals surface area contributed by atoms with E-state index in [1.54, 1.807) is 13.0 Å². The van der Waals surface area contributed by atoms with Gasteiger partial charge in [-0.25, -0.2) is 4.68 Å². The molecule has 0 aliphatic carbocycles. The molecule has 9 nitrogen and oxygen atoms in total. The van der Waals surface area contributed by atoms with Crippen molar-refractivity contribution in [1.82, 2.24) is 14.9 Å². The summed E-state index contributed by atoms with van der Waals surface area (Å²) in [5, 5.41) is 22.4. The van der Waals surface area contributed by atoms with Crippen molar-refractivity contribution in [2.75, 3.05) is 13.7 Å². The SMILES string of the molecule is CCOc1c(OC)cc(/C=N/n2cnnc2)cc1[N+](=O)[O-]. The third-order valence-corrected chi connectivity index (χ3v) is 2.51. The number of methoxy groups -OCH3 is 1. The van der Waals surface area contributed by atoms with Gasteiger partial charge in [-0.05, 0) is 13.0 Å². The van der Waals surface area contributed by atoms with Crippen molar-refractivity contribution < 1.29 is 14.4 Å². The number of aromatic nitrogens is 3. The fourth-order valence-electron chi connectivity index (χ4n) is 1.65. The van der Waals surface area contributed by atoms with E-state index in [2.05, 4.69) is 15.3 Å². The summed E-state index contributed by atoms with van der Waals surface area (Å²) in [5.74, 6) is 0.378. The van der Waals surface area contributed by atoms with E-state index in [1.807, 2.05) is 0 Å². The number of ether oxygens (including phenoxy) is 2. The zero-order chi connectivity index (χ0) is 15.2. The lowest BCUT2D eigenvalue weighted by Crippen LogP contribution is -2.02. The molecule has 0 bridgehead atoms. The summed E-state index contributed by atoms with van der Waals surface area (Å²) in [6.07, 6.45) is 4.24. The topological polar surface area (TPSA) is 105 Å². The molecule has 2 aromatic rings. The monoisotopic (exact) mass is 291 g/mol. The predicted molar refractivity (Wildman–Crippen MR) is 73.8 cm³/mol. The fourth-order valence-corrected chi connectivity index (χ4v) is 1.65. The second kappa shape index (κ2) is 6.46. The van der Waals surface area contributed by atoms with Crippen molar-refractivity contribution in [3.05, 3.63) is 40.5 Å². The maximum absolute atomic E-state index is 11.2. The molecule has 0 aliphatic rings. The Bertz CT molecular complexity index is 654. The first-order valence-corrected chi connectivity index (χ1v) is 6.04. The van der Waals surface area contributed by atoms with E-state index >= 15 is 0 Å². The van der Waals surface area contributed by atoms with Crippen LogP contribution in [0.15, 0.2) is 29.9 Å². The van der Waals surface area contributed by atoms with Crippen molar-refractivity contribution in [1.29, 1.82) is 0 Å². The standard InChI is InChI=1S/C12H13N5O4/c1-3-21-12-10(17(18)19)4-9(5-11(12)20-2)6-15-16-7-13-14-8-16/h4-8H,3H2,1-2H3/b15-6+. The van der Waals surface area contributed by atoms with Gasteiger partial charge in [0.15, 0.2) is 5.75 Å². The molecule has 0 radical (unpaired) electrons. The van der Waals surface area contributed by atoms with Crippen LogP contribution in [-0.4, -0.2) is 39.7 Å². The van der Waals surface area contributed by atoms with Crippen LogP contribution in [-0.2, 0) is 0 Å². The maximum Gasteiger partial charge on any atom is 0.315 e. The van der Waals surface area contributed by atoms with Crippen LogP contribution in [0.2, 0.25) is 0 Å². The zero-order valence-electron chi connectivity index (χ0n) is 11.5. The molecule has 1 heterocycles. The van der Waals surface area contributed by atoms with Crippen molar-refractivity contribution in [3.8, 4) is 11.5 Å². The number of nitro groups is 1. The van der Waals surface area contributed by atoms with Crippen LogP contribution in [0.4, 0.5) is 5.69 Å². The minimum absolute atomic E-state index is 0.103. The Kier molecular flexibility index (Phi) is 4.44. The number of nitrogens with zero attached hydrogens (tertiary/aromatic N) is 5. The molecule has 1 aromatic carbocycles. The van der Waals surface area contributed by atoms with Gasteiger partial charge in [-0.1, -0.05) is 0 Å². The predicted octanol–water partition coefficient (Wildman–Crippen LogP) is 1.48. The molecule has 21 heavy (non-hydrogen) atoms. The minimum atomic E-state index is -0.524. The highest BCUT2D eigenvalue weighted by molar-refractivity contribution is 5.83. The van der Waals surface area contributed by atoms with E-state index in [-0.39, 0.29) is 17.2 Å². The van der Waals surface area contributed by atoms with E-state index < -0.39 is 4.92 Å². The van der Waals surface area contributed by atoms with Crippen LogP contribution in [0.25, 0.3) is 0 Å². The Morgan fingerprint density at radius 1 is 1.43 bits per heavy atom. The van der Waals surface area contributed by atoms with E-state index in [1.165, 1.54) is 36.7 Å². The van der Waals surface area contributed by atoms with Crippen LogP contribution in [0.1, 0.15) is 12.5 Å². The highest BCUT2D eigenvalue weighted by Crippen LogP contribution is 2.37. The Hall–Kier alpha value is -2.97. The van der Waals surface area contributed by atoms with Crippen molar-refractivity contribution in [3.63, 3.8) is 0 Å².